The van der Waals surface area contributed by atoms with Gasteiger partial charge >= 0.3 is 0 Å². The molecule has 1 amide bonds. The summed E-state index contributed by atoms with van der Waals surface area (Å²) in [5, 5.41) is 4.16. The van der Waals surface area contributed by atoms with Gasteiger partial charge in [0, 0.05) is 31.7 Å². The molecule has 1 aromatic carbocycles. The average Bonchev–Trinajstić information content (AvgIpc) is 3.28. The van der Waals surface area contributed by atoms with Crippen molar-refractivity contribution in [3.63, 3.8) is 0 Å². The largest absolute Gasteiger partial charge is 0.353 e. The summed E-state index contributed by atoms with van der Waals surface area (Å²) in [6, 6.07) is 6.25. The zero-order valence-corrected chi connectivity index (χ0v) is 22.8. The van der Waals surface area contributed by atoms with E-state index in [1.165, 1.54) is 43.7 Å². The van der Waals surface area contributed by atoms with Gasteiger partial charge in [-0.1, -0.05) is 58.6 Å². The van der Waals surface area contributed by atoms with E-state index in [1.54, 1.807) is 11.3 Å². The van der Waals surface area contributed by atoms with Crippen LogP contribution in [0.5, 0.6) is 0 Å². The molecule has 1 saturated carbocycles. The summed E-state index contributed by atoms with van der Waals surface area (Å²) >= 11 is 1.62. The van der Waals surface area contributed by atoms with E-state index in [2.05, 4.69) is 31.0 Å². The average molecular weight is 511 g/mol. The standard InChI is InChI=1S/C30H42N2O3S/c1-4-10-26(34)19-23(20-29-32-27-16-13-21(5-2)18-28(27)36-29)30(35)31-24(14-15-25(33)6-3)17-22-11-8-7-9-12-22/h6,13,16,18,22-24H,3-5,7-12,14-15,17,19-20H2,1-2H3,(H,31,35)/t23-,24+/m0/s1. The van der Waals surface area contributed by atoms with Crippen LogP contribution in [0.1, 0.15) is 95.0 Å². The van der Waals surface area contributed by atoms with Crippen molar-refractivity contribution in [3.05, 3.63) is 41.4 Å². The second-order valence-electron chi connectivity index (χ2n) is 10.3. The highest BCUT2D eigenvalue weighted by Crippen LogP contribution is 2.29. The smallest absolute Gasteiger partial charge is 0.224 e. The van der Waals surface area contributed by atoms with Crippen molar-refractivity contribution in [2.45, 2.75) is 103 Å². The lowest BCUT2D eigenvalue weighted by Gasteiger charge is -2.28. The second-order valence-corrected chi connectivity index (χ2v) is 11.4. The predicted molar refractivity (Wildman–Crippen MR) is 148 cm³/mol. The molecule has 0 aliphatic heterocycles. The molecule has 1 N–H and O–H groups in total. The van der Waals surface area contributed by atoms with Crippen molar-refractivity contribution in [3.8, 4) is 0 Å². The summed E-state index contributed by atoms with van der Waals surface area (Å²) in [7, 11) is 0. The van der Waals surface area contributed by atoms with E-state index in [0.717, 1.165) is 34.5 Å². The van der Waals surface area contributed by atoms with Crippen molar-refractivity contribution >= 4 is 39.0 Å². The van der Waals surface area contributed by atoms with Crippen LogP contribution in [0.4, 0.5) is 0 Å². The molecule has 2 aromatic rings. The normalized spacial score (nSPS) is 15.9. The van der Waals surface area contributed by atoms with Crippen molar-refractivity contribution in [2.75, 3.05) is 0 Å². The van der Waals surface area contributed by atoms with Gasteiger partial charge in [-0.15, -0.1) is 11.3 Å². The molecule has 1 aliphatic carbocycles. The third kappa shape index (κ3) is 8.65. The Bertz CT molecular complexity index is 1040. The Labute approximate surface area is 220 Å². The highest BCUT2D eigenvalue weighted by molar-refractivity contribution is 7.18. The van der Waals surface area contributed by atoms with Gasteiger partial charge in [0.15, 0.2) is 5.78 Å². The topological polar surface area (TPSA) is 76.1 Å². The molecule has 1 aromatic heterocycles. The molecule has 0 spiro atoms. The first-order chi connectivity index (χ1) is 17.4. The van der Waals surface area contributed by atoms with Crippen molar-refractivity contribution in [2.24, 2.45) is 11.8 Å². The number of nitrogens with zero attached hydrogens (tertiary/aromatic N) is 1. The molecule has 36 heavy (non-hydrogen) atoms. The molecule has 0 bridgehead atoms. The quantitative estimate of drug-likeness (QED) is 0.268. The number of carbonyl (C=O) groups is 3. The van der Waals surface area contributed by atoms with Gasteiger partial charge in [-0.3, -0.25) is 14.4 Å². The van der Waals surface area contributed by atoms with Gasteiger partial charge in [0.25, 0.3) is 0 Å². The monoisotopic (exact) mass is 510 g/mol. The predicted octanol–water partition coefficient (Wildman–Crippen LogP) is 6.77. The van der Waals surface area contributed by atoms with E-state index >= 15 is 0 Å². The van der Waals surface area contributed by atoms with Crippen molar-refractivity contribution < 1.29 is 14.4 Å². The SMILES string of the molecule is C=CC(=O)CC[C@H](CC1CCCCC1)NC(=O)[C@@H](CC(=O)CCC)Cc1nc2ccc(CC)cc2s1. The first-order valence-electron chi connectivity index (χ1n) is 13.8. The van der Waals surface area contributed by atoms with Gasteiger partial charge < -0.3 is 5.32 Å². The van der Waals surface area contributed by atoms with Crippen LogP contribution in [0.2, 0.25) is 0 Å². The number of benzene rings is 1. The second kappa shape index (κ2) is 14.4. The van der Waals surface area contributed by atoms with Gasteiger partial charge in [-0.05, 0) is 55.4 Å². The Hall–Kier alpha value is -2.34. The maximum Gasteiger partial charge on any atom is 0.224 e. The van der Waals surface area contributed by atoms with Gasteiger partial charge in [0.1, 0.15) is 5.78 Å². The number of thiazole rings is 1. The molecule has 5 nitrogen and oxygen atoms in total. The van der Waals surface area contributed by atoms with Crippen molar-refractivity contribution in [1.82, 2.24) is 10.3 Å². The Morgan fingerprint density at radius 1 is 1.17 bits per heavy atom. The maximum atomic E-state index is 13.6. The number of ketones is 2. The van der Waals surface area contributed by atoms with E-state index in [4.69, 9.17) is 4.98 Å². The lowest BCUT2D eigenvalue weighted by molar-refractivity contribution is -0.130. The number of aromatic nitrogens is 1. The van der Waals surface area contributed by atoms with Crippen LogP contribution < -0.4 is 5.32 Å². The van der Waals surface area contributed by atoms with E-state index in [1.807, 2.05) is 13.0 Å². The fourth-order valence-electron chi connectivity index (χ4n) is 5.26. The number of amides is 1. The molecular weight excluding hydrogens is 468 g/mol. The summed E-state index contributed by atoms with van der Waals surface area (Å²) < 4.78 is 1.13. The van der Waals surface area contributed by atoms with Crippen molar-refractivity contribution in [1.29, 1.82) is 0 Å². The first-order valence-corrected chi connectivity index (χ1v) is 14.6. The molecular formula is C30H42N2O3S. The lowest BCUT2D eigenvalue weighted by Crippen LogP contribution is -2.41. The molecule has 3 rings (SSSR count). The van der Waals surface area contributed by atoms with Crippen LogP contribution in [0.15, 0.2) is 30.9 Å². The Morgan fingerprint density at radius 2 is 1.94 bits per heavy atom. The van der Waals surface area contributed by atoms with Gasteiger partial charge in [0.05, 0.1) is 21.1 Å². The maximum absolute atomic E-state index is 13.6. The number of rotatable bonds is 15. The molecule has 0 unspecified atom stereocenters. The zero-order valence-electron chi connectivity index (χ0n) is 22.0. The van der Waals surface area contributed by atoms with E-state index < -0.39 is 5.92 Å². The summed E-state index contributed by atoms with van der Waals surface area (Å²) in [4.78, 5) is 42.9. The number of carbonyl (C=O) groups excluding carboxylic acids is 3. The number of aryl methyl sites for hydroxylation is 1. The highest BCUT2D eigenvalue weighted by Gasteiger charge is 2.27. The summed E-state index contributed by atoms with van der Waals surface area (Å²) in [5.74, 6) is 0.185. The Morgan fingerprint density at radius 3 is 2.64 bits per heavy atom. The molecule has 196 valence electrons. The van der Waals surface area contributed by atoms with Crippen LogP contribution in [0, 0.1) is 11.8 Å². The van der Waals surface area contributed by atoms with Crippen LogP contribution in [-0.4, -0.2) is 28.5 Å². The third-order valence-electron chi connectivity index (χ3n) is 7.36. The number of allylic oxidation sites excluding steroid dienone is 1. The number of nitrogens with one attached hydrogen (secondary N) is 1. The fraction of sp³-hybridized carbons (Fsp3) is 0.600. The molecule has 0 radical (unpaired) electrons. The van der Waals surface area contributed by atoms with E-state index in [0.29, 0.717) is 31.6 Å². The minimum Gasteiger partial charge on any atom is -0.353 e. The molecule has 1 aliphatic rings. The fourth-order valence-corrected chi connectivity index (χ4v) is 6.37. The molecule has 0 saturated heterocycles. The number of hydrogen-bond acceptors (Lipinski definition) is 5. The highest BCUT2D eigenvalue weighted by atomic mass is 32.1. The lowest BCUT2D eigenvalue weighted by atomic mass is 9.83. The third-order valence-corrected chi connectivity index (χ3v) is 8.40. The minimum absolute atomic E-state index is 0.00786. The van der Waals surface area contributed by atoms with Crippen LogP contribution >= 0.6 is 11.3 Å². The van der Waals surface area contributed by atoms with E-state index in [9.17, 15) is 14.4 Å². The van der Waals surface area contributed by atoms with Crippen LogP contribution in [-0.2, 0) is 27.2 Å². The minimum atomic E-state index is -0.445. The van der Waals surface area contributed by atoms with Crippen LogP contribution in [0.25, 0.3) is 10.2 Å². The van der Waals surface area contributed by atoms with Gasteiger partial charge in [0.2, 0.25) is 5.91 Å². The summed E-state index contributed by atoms with van der Waals surface area (Å²) in [6.45, 7) is 7.71. The Balaban J connectivity index is 1.75. The molecule has 2 atom stereocenters. The number of hydrogen-bond donors (Lipinski definition) is 1. The zero-order chi connectivity index (χ0) is 25.9. The first kappa shape index (κ1) is 28.2. The van der Waals surface area contributed by atoms with Gasteiger partial charge in [-0.2, -0.15) is 0 Å². The summed E-state index contributed by atoms with van der Waals surface area (Å²) in [5.41, 5.74) is 2.22. The molecule has 1 fully saturated rings. The molecule has 6 heteroatoms. The van der Waals surface area contributed by atoms with Gasteiger partial charge in [-0.25, -0.2) is 4.98 Å². The molecule has 1 heterocycles. The summed E-state index contributed by atoms with van der Waals surface area (Å²) in [6.07, 6.45) is 12.3. The Kier molecular flexibility index (Phi) is 11.3. The number of Topliss-reactive ketones (excluding diaryl/α,β-unsaturated/α-hetero) is 1. The number of fused-ring (bicyclic) bond motifs is 1. The van der Waals surface area contributed by atoms with Crippen LogP contribution in [0.3, 0.4) is 0 Å². The van der Waals surface area contributed by atoms with E-state index in [-0.39, 0.29) is 29.9 Å².